The first-order valence-electron chi connectivity index (χ1n) is 8.82. The number of primary amides is 1. The molecule has 0 saturated carbocycles. The molecule has 8 heteroatoms. The Balaban J connectivity index is 1.55. The number of hydrogen-bond acceptors (Lipinski definition) is 6. The molecule has 0 radical (unpaired) electrons. The van der Waals surface area contributed by atoms with Crippen molar-refractivity contribution in [3.63, 3.8) is 0 Å². The van der Waals surface area contributed by atoms with E-state index >= 15 is 0 Å². The van der Waals surface area contributed by atoms with Crippen molar-refractivity contribution < 1.29 is 9.90 Å². The third-order valence-electron chi connectivity index (χ3n) is 4.03. The lowest BCUT2D eigenvalue weighted by atomic mass is 10.2. The lowest BCUT2D eigenvalue weighted by Gasteiger charge is -2.04. The zero-order valence-electron chi connectivity index (χ0n) is 14.6. The Kier molecular flexibility index (Phi) is 6.30. The molecular formula is C18H23N5O2S. The molecule has 0 fully saturated rings. The predicted octanol–water partition coefficient (Wildman–Crippen LogP) is 1.86. The molecule has 3 rings (SSSR count). The number of aliphatic hydroxyl groups is 1. The molecule has 0 aliphatic heterocycles. The van der Waals surface area contributed by atoms with Gasteiger partial charge < -0.3 is 10.8 Å². The fourth-order valence-corrected chi connectivity index (χ4v) is 3.84. The SMILES string of the molecule is NC(=O)Cc1nc(CCCCc2nc3ccccc3s2)n(CCCO)n1. The largest absolute Gasteiger partial charge is 0.396 e. The van der Waals surface area contributed by atoms with Crippen LogP contribution in [0.25, 0.3) is 10.2 Å². The maximum Gasteiger partial charge on any atom is 0.225 e. The van der Waals surface area contributed by atoms with Crippen molar-refractivity contribution in [3.05, 3.63) is 40.9 Å². The number of fused-ring (bicyclic) bond motifs is 1. The molecule has 0 spiro atoms. The fraction of sp³-hybridized carbons (Fsp3) is 0.444. The van der Waals surface area contributed by atoms with Crippen LogP contribution in [0.2, 0.25) is 0 Å². The lowest BCUT2D eigenvalue weighted by molar-refractivity contribution is -0.117. The minimum atomic E-state index is -0.438. The Morgan fingerprint density at radius 3 is 2.73 bits per heavy atom. The summed E-state index contributed by atoms with van der Waals surface area (Å²) >= 11 is 1.75. The standard InChI is InChI=1S/C18H23N5O2S/c19-15(25)12-16-21-17(23(22-16)10-5-11-24)8-3-4-9-18-20-13-6-1-2-7-14(13)26-18/h1-2,6-7,24H,3-5,8-12H2,(H2,19,25). The second-order valence-corrected chi connectivity index (χ2v) is 7.29. The normalized spacial score (nSPS) is 11.3. The third-order valence-corrected chi connectivity index (χ3v) is 5.13. The quantitative estimate of drug-likeness (QED) is 0.528. The molecule has 0 bridgehead atoms. The fourth-order valence-electron chi connectivity index (χ4n) is 2.83. The third kappa shape index (κ3) is 4.86. The van der Waals surface area contributed by atoms with E-state index in [0.29, 0.717) is 18.8 Å². The maximum atomic E-state index is 11.1. The molecule has 0 unspecified atom stereocenters. The number of aromatic nitrogens is 4. The molecule has 7 nitrogen and oxygen atoms in total. The number of benzene rings is 1. The summed E-state index contributed by atoms with van der Waals surface area (Å²) in [5.74, 6) is 0.863. The van der Waals surface area contributed by atoms with Gasteiger partial charge in [0.1, 0.15) is 5.82 Å². The molecule has 2 heterocycles. The Bertz CT molecular complexity index is 840. The van der Waals surface area contributed by atoms with E-state index in [1.165, 1.54) is 4.70 Å². The number of nitrogens with two attached hydrogens (primary N) is 1. The van der Waals surface area contributed by atoms with Crippen LogP contribution in [0.4, 0.5) is 0 Å². The van der Waals surface area contributed by atoms with Gasteiger partial charge in [0.2, 0.25) is 5.91 Å². The van der Waals surface area contributed by atoms with Crippen LogP contribution in [-0.2, 0) is 30.6 Å². The van der Waals surface area contributed by atoms with E-state index < -0.39 is 5.91 Å². The van der Waals surface area contributed by atoms with Crippen molar-refractivity contribution in [1.29, 1.82) is 0 Å². The van der Waals surface area contributed by atoms with Crippen molar-refractivity contribution >= 4 is 27.5 Å². The molecule has 0 aliphatic carbocycles. The summed E-state index contributed by atoms with van der Waals surface area (Å²) in [7, 11) is 0. The van der Waals surface area contributed by atoms with E-state index in [0.717, 1.165) is 42.0 Å². The first kappa shape index (κ1) is 18.5. The number of hydrogen-bond donors (Lipinski definition) is 2. The predicted molar refractivity (Wildman–Crippen MR) is 101 cm³/mol. The Morgan fingerprint density at radius 2 is 1.96 bits per heavy atom. The summed E-state index contributed by atoms with van der Waals surface area (Å²) in [5.41, 5.74) is 6.29. The lowest BCUT2D eigenvalue weighted by Crippen LogP contribution is -2.15. The van der Waals surface area contributed by atoms with Crippen LogP contribution in [0.15, 0.2) is 24.3 Å². The highest BCUT2D eigenvalue weighted by Crippen LogP contribution is 2.23. The van der Waals surface area contributed by atoms with E-state index in [-0.39, 0.29) is 13.0 Å². The van der Waals surface area contributed by atoms with Gasteiger partial charge in [0.05, 0.1) is 21.6 Å². The molecule has 3 aromatic rings. The summed E-state index contributed by atoms with van der Waals surface area (Å²) in [6.45, 7) is 0.692. The summed E-state index contributed by atoms with van der Waals surface area (Å²) in [5, 5.41) is 14.5. The molecule has 2 aromatic heterocycles. The van der Waals surface area contributed by atoms with Gasteiger partial charge in [-0.25, -0.2) is 14.6 Å². The van der Waals surface area contributed by atoms with Gasteiger partial charge in [0.25, 0.3) is 0 Å². The zero-order chi connectivity index (χ0) is 18.4. The highest BCUT2D eigenvalue weighted by Gasteiger charge is 2.12. The molecule has 1 amide bonds. The number of rotatable bonds is 10. The first-order valence-corrected chi connectivity index (χ1v) is 9.63. The highest BCUT2D eigenvalue weighted by molar-refractivity contribution is 7.18. The van der Waals surface area contributed by atoms with Gasteiger partial charge in [-0.15, -0.1) is 11.3 Å². The van der Waals surface area contributed by atoms with Crippen LogP contribution in [-0.4, -0.2) is 37.4 Å². The second-order valence-electron chi connectivity index (χ2n) is 6.17. The van der Waals surface area contributed by atoms with Crippen LogP contribution in [0.1, 0.15) is 35.9 Å². The molecular weight excluding hydrogens is 350 g/mol. The minimum Gasteiger partial charge on any atom is -0.396 e. The average Bonchev–Trinajstić information content (AvgIpc) is 3.19. The number of aryl methyl sites for hydroxylation is 3. The zero-order valence-corrected chi connectivity index (χ0v) is 15.4. The van der Waals surface area contributed by atoms with Gasteiger partial charge in [-0.2, -0.15) is 5.10 Å². The topological polar surface area (TPSA) is 107 Å². The second kappa shape index (κ2) is 8.86. The average molecular weight is 373 g/mol. The Morgan fingerprint density at radius 1 is 1.15 bits per heavy atom. The monoisotopic (exact) mass is 373 g/mol. The van der Waals surface area contributed by atoms with Gasteiger partial charge in [0.15, 0.2) is 5.82 Å². The van der Waals surface area contributed by atoms with Crippen molar-refractivity contribution in [2.75, 3.05) is 6.61 Å². The Labute approximate surface area is 155 Å². The number of para-hydroxylation sites is 1. The van der Waals surface area contributed by atoms with Crippen LogP contribution in [0.5, 0.6) is 0 Å². The highest BCUT2D eigenvalue weighted by atomic mass is 32.1. The number of aliphatic hydroxyl groups excluding tert-OH is 1. The number of nitrogens with zero attached hydrogens (tertiary/aromatic N) is 4. The minimum absolute atomic E-state index is 0.0465. The van der Waals surface area contributed by atoms with E-state index in [1.54, 1.807) is 16.0 Å². The van der Waals surface area contributed by atoms with Crippen LogP contribution >= 0.6 is 11.3 Å². The van der Waals surface area contributed by atoms with Crippen LogP contribution < -0.4 is 5.73 Å². The molecule has 0 atom stereocenters. The number of thiazole rings is 1. The van der Waals surface area contributed by atoms with Crippen molar-refractivity contribution in [2.45, 2.75) is 45.1 Å². The van der Waals surface area contributed by atoms with Crippen molar-refractivity contribution in [2.24, 2.45) is 5.73 Å². The van der Waals surface area contributed by atoms with E-state index in [2.05, 4.69) is 21.1 Å². The summed E-state index contributed by atoms with van der Waals surface area (Å²) in [6.07, 6.45) is 4.35. The van der Waals surface area contributed by atoms with Gasteiger partial charge >= 0.3 is 0 Å². The number of carbonyl (C=O) groups is 1. The van der Waals surface area contributed by atoms with Crippen molar-refractivity contribution in [3.8, 4) is 0 Å². The van der Waals surface area contributed by atoms with Crippen LogP contribution in [0, 0.1) is 0 Å². The van der Waals surface area contributed by atoms with Gasteiger partial charge in [-0.3, -0.25) is 4.79 Å². The van der Waals surface area contributed by atoms with Gasteiger partial charge in [-0.05, 0) is 37.8 Å². The molecule has 138 valence electrons. The molecule has 1 aromatic carbocycles. The molecule has 3 N–H and O–H groups in total. The van der Waals surface area contributed by atoms with Gasteiger partial charge in [0, 0.05) is 19.6 Å². The van der Waals surface area contributed by atoms with E-state index in [9.17, 15) is 4.79 Å². The summed E-state index contributed by atoms with van der Waals surface area (Å²) < 4.78 is 3.01. The van der Waals surface area contributed by atoms with Crippen molar-refractivity contribution in [1.82, 2.24) is 19.7 Å². The van der Waals surface area contributed by atoms with E-state index in [1.807, 2.05) is 18.2 Å². The van der Waals surface area contributed by atoms with E-state index in [4.69, 9.17) is 10.8 Å². The number of amides is 1. The molecule has 26 heavy (non-hydrogen) atoms. The van der Waals surface area contributed by atoms with Crippen LogP contribution in [0.3, 0.4) is 0 Å². The smallest absolute Gasteiger partial charge is 0.225 e. The first-order chi connectivity index (χ1) is 12.7. The maximum absolute atomic E-state index is 11.1. The summed E-state index contributed by atoms with van der Waals surface area (Å²) in [4.78, 5) is 20.2. The Hall–Kier alpha value is -2.32. The molecule has 0 saturated heterocycles. The summed E-state index contributed by atoms with van der Waals surface area (Å²) in [6, 6.07) is 8.18. The number of carbonyl (C=O) groups excluding carboxylic acids is 1. The van der Waals surface area contributed by atoms with Gasteiger partial charge in [-0.1, -0.05) is 12.1 Å². The molecule has 0 aliphatic rings. The number of unbranched alkanes of at least 4 members (excludes halogenated alkanes) is 1.